The van der Waals surface area contributed by atoms with Gasteiger partial charge in [0.25, 0.3) is 0 Å². The number of hydrogen-bond acceptors (Lipinski definition) is 2. The summed E-state index contributed by atoms with van der Waals surface area (Å²) in [6.45, 7) is 1.00. The monoisotopic (exact) mass is 275 g/mol. The predicted molar refractivity (Wildman–Crippen MR) is 73.9 cm³/mol. The molecule has 1 fully saturated rings. The Balaban J connectivity index is 1.80. The zero-order valence-corrected chi connectivity index (χ0v) is 11.3. The van der Waals surface area contributed by atoms with Crippen molar-refractivity contribution in [3.05, 3.63) is 33.8 Å². The van der Waals surface area contributed by atoms with Gasteiger partial charge in [0, 0.05) is 21.8 Å². The Kier molecular flexibility index (Phi) is 4.83. The SMILES string of the molecule is Clc1cc(Cl)cc(CCNC2CCSC2)c1. The third-order valence-electron chi connectivity index (χ3n) is 2.70. The molecule has 1 saturated heterocycles. The standard InChI is InChI=1S/C12H15Cl2NS/c13-10-5-9(6-11(14)7-10)1-3-15-12-2-4-16-8-12/h5-7,12,15H,1-4,8H2. The minimum atomic E-state index is 0.694. The van der Waals surface area contributed by atoms with Crippen LogP contribution >= 0.6 is 35.0 Å². The van der Waals surface area contributed by atoms with Crippen LogP contribution in [0.5, 0.6) is 0 Å². The van der Waals surface area contributed by atoms with Crippen molar-refractivity contribution in [3.8, 4) is 0 Å². The lowest BCUT2D eigenvalue weighted by atomic mass is 10.1. The zero-order valence-electron chi connectivity index (χ0n) is 9.01. The van der Waals surface area contributed by atoms with Gasteiger partial charge in [-0.2, -0.15) is 11.8 Å². The van der Waals surface area contributed by atoms with E-state index in [0.717, 1.165) is 23.0 Å². The van der Waals surface area contributed by atoms with E-state index >= 15 is 0 Å². The fourth-order valence-corrected chi connectivity index (χ4v) is 3.63. The first kappa shape index (κ1) is 12.6. The predicted octanol–water partition coefficient (Wildman–Crippen LogP) is 3.63. The summed E-state index contributed by atoms with van der Waals surface area (Å²) in [4.78, 5) is 0. The van der Waals surface area contributed by atoms with E-state index in [9.17, 15) is 0 Å². The number of rotatable bonds is 4. The summed E-state index contributed by atoms with van der Waals surface area (Å²) >= 11 is 13.9. The molecule has 0 radical (unpaired) electrons. The van der Waals surface area contributed by atoms with Crippen LogP contribution in [0.1, 0.15) is 12.0 Å². The molecule has 0 aromatic heterocycles. The first-order valence-electron chi connectivity index (χ1n) is 5.50. The van der Waals surface area contributed by atoms with Gasteiger partial charge in [-0.25, -0.2) is 0 Å². The summed E-state index contributed by atoms with van der Waals surface area (Å²) in [7, 11) is 0. The first-order chi connectivity index (χ1) is 7.74. The molecular weight excluding hydrogens is 261 g/mol. The fourth-order valence-electron chi connectivity index (χ4n) is 1.87. The Morgan fingerprint density at radius 2 is 2.00 bits per heavy atom. The van der Waals surface area contributed by atoms with Crippen LogP contribution in [0.4, 0.5) is 0 Å². The maximum Gasteiger partial charge on any atom is 0.0423 e. The van der Waals surface area contributed by atoms with Crippen LogP contribution in [-0.2, 0) is 6.42 Å². The van der Waals surface area contributed by atoms with Crippen molar-refractivity contribution in [2.24, 2.45) is 0 Å². The van der Waals surface area contributed by atoms with E-state index in [1.54, 1.807) is 6.07 Å². The highest BCUT2D eigenvalue weighted by Crippen LogP contribution is 2.20. The highest BCUT2D eigenvalue weighted by molar-refractivity contribution is 7.99. The maximum atomic E-state index is 5.95. The molecule has 0 aliphatic carbocycles. The van der Waals surface area contributed by atoms with Crippen molar-refractivity contribution in [2.45, 2.75) is 18.9 Å². The molecule has 88 valence electrons. The number of halogens is 2. The van der Waals surface area contributed by atoms with E-state index in [2.05, 4.69) is 5.32 Å². The lowest BCUT2D eigenvalue weighted by Gasteiger charge is -2.11. The minimum absolute atomic E-state index is 0.694. The molecule has 1 aromatic rings. The van der Waals surface area contributed by atoms with E-state index in [1.807, 2.05) is 23.9 Å². The molecule has 1 atom stereocenters. The largest absolute Gasteiger partial charge is 0.313 e. The summed E-state index contributed by atoms with van der Waals surface area (Å²) in [6.07, 6.45) is 2.28. The van der Waals surface area contributed by atoms with Crippen LogP contribution in [0, 0.1) is 0 Å². The number of nitrogens with one attached hydrogen (secondary N) is 1. The summed E-state index contributed by atoms with van der Waals surface area (Å²) in [6, 6.07) is 6.43. The third-order valence-corrected chi connectivity index (χ3v) is 4.30. The van der Waals surface area contributed by atoms with E-state index in [0.29, 0.717) is 6.04 Å². The van der Waals surface area contributed by atoms with Crippen LogP contribution in [0.2, 0.25) is 10.0 Å². The molecule has 0 bridgehead atoms. The molecule has 2 rings (SSSR count). The Morgan fingerprint density at radius 1 is 1.25 bits per heavy atom. The second-order valence-corrected chi connectivity index (χ2v) is 6.07. The number of benzene rings is 1. The quantitative estimate of drug-likeness (QED) is 0.901. The van der Waals surface area contributed by atoms with Crippen molar-refractivity contribution in [2.75, 3.05) is 18.1 Å². The van der Waals surface area contributed by atoms with Gasteiger partial charge in [-0.3, -0.25) is 0 Å². The van der Waals surface area contributed by atoms with Gasteiger partial charge in [-0.05, 0) is 48.9 Å². The van der Waals surface area contributed by atoms with Crippen molar-refractivity contribution in [1.82, 2.24) is 5.32 Å². The second kappa shape index (κ2) is 6.15. The fraction of sp³-hybridized carbons (Fsp3) is 0.500. The molecular formula is C12H15Cl2NS. The van der Waals surface area contributed by atoms with Gasteiger partial charge in [0.2, 0.25) is 0 Å². The summed E-state index contributed by atoms with van der Waals surface area (Å²) in [5.41, 5.74) is 1.20. The van der Waals surface area contributed by atoms with Crippen molar-refractivity contribution < 1.29 is 0 Å². The van der Waals surface area contributed by atoms with Crippen molar-refractivity contribution >= 4 is 35.0 Å². The molecule has 1 aliphatic rings. The van der Waals surface area contributed by atoms with Gasteiger partial charge in [0.05, 0.1) is 0 Å². The molecule has 0 spiro atoms. The van der Waals surface area contributed by atoms with Gasteiger partial charge < -0.3 is 5.32 Å². The molecule has 0 amide bonds. The number of thioether (sulfide) groups is 1. The average Bonchev–Trinajstić information content (AvgIpc) is 2.69. The summed E-state index contributed by atoms with van der Waals surface area (Å²) in [5.74, 6) is 2.54. The number of hydrogen-bond donors (Lipinski definition) is 1. The second-order valence-electron chi connectivity index (χ2n) is 4.04. The van der Waals surface area contributed by atoms with Crippen LogP contribution in [0.25, 0.3) is 0 Å². The van der Waals surface area contributed by atoms with Gasteiger partial charge >= 0.3 is 0 Å². The average molecular weight is 276 g/mol. The van der Waals surface area contributed by atoms with Crippen LogP contribution in [0.15, 0.2) is 18.2 Å². The van der Waals surface area contributed by atoms with E-state index < -0.39 is 0 Å². The normalized spacial score (nSPS) is 20.2. The van der Waals surface area contributed by atoms with Crippen LogP contribution < -0.4 is 5.32 Å². The Labute approximate surface area is 111 Å². The summed E-state index contributed by atoms with van der Waals surface area (Å²) in [5, 5.41) is 5.00. The highest BCUT2D eigenvalue weighted by atomic mass is 35.5. The Bertz CT molecular complexity index is 331. The molecule has 1 aliphatic heterocycles. The molecule has 1 aromatic carbocycles. The third kappa shape index (κ3) is 3.85. The van der Waals surface area contributed by atoms with E-state index in [1.165, 1.54) is 23.5 Å². The molecule has 1 nitrogen and oxygen atoms in total. The highest BCUT2D eigenvalue weighted by Gasteiger charge is 2.13. The Hall–Kier alpha value is 0.110. The van der Waals surface area contributed by atoms with Crippen LogP contribution in [0.3, 0.4) is 0 Å². The molecule has 16 heavy (non-hydrogen) atoms. The topological polar surface area (TPSA) is 12.0 Å². The van der Waals surface area contributed by atoms with Gasteiger partial charge in [0.15, 0.2) is 0 Å². The van der Waals surface area contributed by atoms with Crippen molar-refractivity contribution in [3.63, 3.8) is 0 Å². The van der Waals surface area contributed by atoms with Gasteiger partial charge in [-0.15, -0.1) is 0 Å². The smallest absolute Gasteiger partial charge is 0.0423 e. The van der Waals surface area contributed by atoms with Gasteiger partial charge in [0.1, 0.15) is 0 Å². The molecule has 4 heteroatoms. The molecule has 0 saturated carbocycles. The molecule has 1 N–H and O–H groups in total. The zero-order chi connectivity index (χ0) is 11.4. The van der Waals surface area contributed by atoms with E-state index in [-0.39, 0.29) is 0 Å². The Morgan fingerprint density at radius 3 is 2.62 bits per heavy atom. The maximum absolute atomic E-state index is 5.95. The molecule has 1 heterocycles. The summed E-state index contributed by atoms with van der Waals surface area (Å²) < 4.78 is 0. The molecule has 1 unspecified atom stereocenters. The first-order valence-corrected chi connectivity index (χ1v) is 7.41. The minimum Gasteiger partial charge on any atom is -0.313 e. The van der Waals surface area contributed by atoms with Gasteiger partial charge in [-0.1, -0.05) is 23.2 Å². The van der Waals surface area contributed by atoms with Crippen molar-refractivity contribution in [1.29, 1.82) is 0 Å². The van der Waals surface area contributed by atoms with E-state index in [4.69, 9.17) is 23.2 Å². The van der Waals surface area contributed by atoms with Crippen LogP contribution in [-0.4, -0.2) is 24.1 Å². The lowest BCUT2D eigenvalue weighted by molar-refractivity contribution is 0.560. The lowest BCUT2D eigenvalue weighted by Crippen LogP contribution is -2.30.